The number of rotatable bonds is 7. The van der Waals surface area contributed by atoms with Gasteiger partial charge in [0.1, 0.15) is 10.8 Å². The van der Waals surface area contributed by atoms with Crippen molar-refractivity contribution < 1.29 is 23.1 Å². The number of hydrogen-bond donors (Lipinski definition) is 1. The number of carbonyl (C=O) groups excluding carboxylic acids is 1. The Morgan fingerprint density at radius 1 is 0.900 bits per heavy atom. The monoisotopic (exact) mass is 580 g/mol. The summed E-state index contributed by atoms with van der Waals surface area (Å²) in [5.74, 6) is 0.367. The summed E-state index contributed by atoms with van der Waals surface area (Å²) < 4.78 is 39.2. The zero-order chi connectivity index (χ0) is 28.1. The van der Waals surface area contributed by atoms with E-state index in [4.69, 9.17) is 0 Å². The molecule has 4 aromatic rings. The van der Waals surface area contributed by atoms with E-state index in [1.165, 1.54) is 29.7 Å². The van der Waals surface area contributed by atoms with Crippen molar-refractivity contribution >= 4 is 29.4 Å². The van der Waals surface area contributed by atoms with Crippen molar-refractivity contribution in [1.29, 1.82) is 0 Å². The van der Waals surface area contributed by atoms with E-state index in [9.17, 15) is 23.1 Å². The molecule has 0 radical (unpaired) electrons. The third-order valence-electron chi connectivity index (χ3n) is 6.77. The van der Waals surface area contributed by atoms with Crippen LogP contribution in [0.25, 0.3) is 0 Å². The maximum atomic E-state index is 13.5. The molecule has 4 nitrogen and oxygen atoms in total. The molecule has 0 spiro atoms. The number of benzene rings is 3. The number of hydrogen-bond acceptors (Lipinski definition) is 5. The van der Waals surface area contributed by atoms with Gasteiger partial charge in [0.05, 0.1) is 11.1 Å². The van der Waals surface area contributed by atoms with Crippen LogP contribution in [-0.4, -0.2) is 34.0 Å². The van der Waals surface area contributed by atoms with Crippen molar-refractivity contribution in [3.8, 4) is 5.75 Å². The van der Waals surface area contributed by atoms with E-state index in [0.29, 0.717) is 29.6 Å². The Morgan fingerprint density at radius 2 is 1.65 bits per heavy atom. The van der Waals surface area contributed by atoms with Crippen molar-refractivity contribution in [2.24, 2.45) is 5.92 Å². The molecule has 1 aliphatic heterocycles. The zero-order valence-electron chi connectivity index (χ0n) is 21.5. The van der Waals surface area contributed by atoms with Crippen LogP contribution in [0.5, 0.6) is 5.75 Å². The highest BCUT2D eigenvalue weighted by Crippen LogP contribution is 2.35. The SMILES string of the molecule is O=C(c1cc(O)ccc1Sc1ccccc1)N1CCC(Cc2cccc(Sc3cc(C(F)(F)F)ccn3)c2)CC1. The summed E-state index contributed by atoms with van der Waals surface area (Å²) in [5.41, 5.74) is 0.899. The summed E-state index contributed by atoms with van der Waals surface area (Å²) in [6.07, 6.45) is -0.700. The highest BCUT2D eigenvalue weighted by atomic mass is 32.2. The lowest BCUT2D eigenvalue weighted by Crippen LogP contribution is -2.39. The van der Waals surface area contributed by atoms with Gasteiger partial charge in [-0.3, -0.25) is 4.79 Å². The van der Waals surface area contributed by atoms with Gasteiger partial charge >= 0.3 is 6.18 Å². The number of pyridine rings is 1. The van der Waals surface area contributed by atoms with Gasteiger partial charge in [0, 0.05) is 34.0 Å². The summed E-state index contributed by atoms with van der Waals surface area (Å²) in [5, 5.41) is 10.4. The number of halogens is 3. The maximum Gasteiger partial charge on any atom is 0.416 e. The molecule has 0 bridgehead atoms. The number of phenolic OH excluding ortho intramolecular Hbond substituents is 1. The van der Waals surface area contributed by atoms with Crippen LogP contribution < -0.4 is 0 Å². The van der Waals surface area contributed by atoms with Crippen LogP contribution in [-0.2, 0) is 12.6 Å². The van der Waals surface area contributed by atoms with E-state index in [2.05, 4.69) is 4.98 Å². The summed E-state index contributed by atoms with van der Waals surface area (Å²) in [6, 6.07) is 24.6. The van der Waals surface area contributed by atoms with Crippen LogP contribution in [0.2, 0.25) is 0 Å². The van der Waals surface area contributed by atoms with E-state index >= 15 is 0 Å². The lowest BCUT2D eigenvalue weighted by Gasteiger charge is -2.32. The molecular formula is C31H27F3N2O2S2. The molecule has 0 aliphatic carbocycles. The van der Waals surface area contributed by atoms with Gasteiger partial charge in [0.15, 0.2) is 0 Å². The lowest BCUT2D eigenvalue weighted by atomic mass is 9.90. The first kappa shape index (κ1) is 28.1. The van der Waals surface area contributed by atoms with E-state index in [1.54, 1.807) is 18.2 Å². The van der Waals surface area contributed by atoms with Gasteiger partial charge < -0.3 is 10.0 Å². The Balaban J connectivity index is 1.20. The number of likely N-dealkylation sites (tertiary alicyclic amines) is 1. The summed E-state index contributed by atoms with van der Waals surface area (Å²) in [7, 11) is 0. The minimum absolute atomic E-state index is 0.0636. The lowest BCUT2D eigenvalue weighted by molar-refractivity contribution is -0.137. The molecule has 1 N–H and O–H groups in total. The fraction of sp³-hybridized carbons (Fsp3) is 0.226. The first-order valence-electron chi connectivity index (χ1n) is 12.9. The Labute approximate surface area is 239 Å². The average molecular weight is 581 g/mol. The molecule has 1 aliphatic rings. The molecule has 1 amide bonds. The molecule has 1 saturated heterocycles. The highest BCUT2D eigenvalue weighted by molar-refractivity contribution is 7.99. The maximum absolute atomic E-state index is 13.5. The quantitative estimate of drug-likeness (QED) is 0.239. The average Bonchev–Trinajstić information content (AvgIpc) is 2.94. The van der Waals surface area contributed by atoms with Crippen molar-refractivity contribution in [2.45, 2.75) is 45.2 Å². The predicted molar refractivity (Wildman–Crippen MR) is 151 cm³/mol. The smallest absolute Gasteiger partial charge is 0.416 e. The molecular weight excluding hydrogens is 553 g/mol. The molecule has 5 rings (SSSR count). The Bertz CT molecular complexity index is 1470. The standard InChI is InChI=1S/C31H27F3N2O2S2/c32-31(33,34)23-11-14-35-29(19-23)40-26-8-4-5-22(18-26)17-21-12-15-36(16-13-21)30(38)27-20-24(37)9-10-28(27)39-25-6-2-1-3-7-25/h1-11,14,18-21,37H,12-13,15-17H2. The van der Waals surface area contributed by atoms with Crippen LogP contribution in [0.15, 0.2) is 111 Å². The van der Waals surface area contributed by atoms with Crippen molar-refractivity contribution in [3.05, 3.63) is 108 Å². The van der Waals surface area contributed by atoms with Gasteiger partial charge in [-0.15, -0.1) is 0 Å². The Morgan fingerprint density at radius 3 is 2.40 bits per heavy atom. The number of carbonyl (C=O) groups is 1. The van der Waals surface area contributed by atoms with Gasteiger partial charge in [-0.25, -0.2) is 4.98 Å². The van der Waals surface area contributed by atoms with E-state index in [0.717, 1.165) is 51.6 Å². The number of aromatic nitrogens is 1. The fourth-order valence-corrected chi connectivity index (χ4v) is 6.57. The highest BCUT2D eigenvalue weighted by Gasteiger charge is 2.31. The second kappa shape index (κ2) is 12.4. The first-order chi connectivity index (χ1) is 19.2. The molecule has 0 saturated carbocycles. The number of phenols is 1. The molecule has 3 aromatic carbocycles. The second-order valence-electron chi connectivity index (χ2n) is 9.67. The topological polar surface area (TPSA) is 53.4 Å². The molecule has 40 heavy (non-hydrogen) atoms. The molecule has 0 atom stereocenters. The van der Waals surface area contributed by atoms with Crippen LogP contribution in [0, 0.1) is 5.92 Å². The zero-order valence-corrected chi connectivity index (χ0v) is 23.1. The summed E-state index contributed by atoms with van der Waals surface area (Å²) in [4.78, 5) is 22.1. The van der Waals surface area contributed by atoms with Crippen LogP contribution in [0.4, 0.5) is 13.2 Å². The Hall–Kier alpha value is -3.43. The van der Waals surface area contributed by atoms with Gasteiger partial charge in [-0.2, -0.15) is 13.2 Å². The van der Waals surface area contributed by atoms with E-state index < -0.39 is 11.7 Å². The third kappa shape index (κ3) is 7.20. The number of alkyl halides is 3. The third-order valence-corrected chi connectivity index (χ3v) is 8.78. The number of amides is 1. The Kier molecular flexibility index (Phi) is 8.71. The summed E-state index contributed by atoms with van der Waals surface area (Å²) in [6.45, 7) is 1.24. The van der Waals surface area contributed by atoms with Crippen molar-refractivity contribution in [2.75, 3.05) is 13.1 Å². The molecule has 1 aromatic heterocycles. The van der Waals surface area contributed by atoms with E-state index in [-0.39, 0.29) is 11.7 Å². The number of aromatic hydroxyl groups is 1. The fourth-order valence-electron chi connectivity index (χ4n) is 4.73. The molecule has 9 heteroatoms. The van der Waals surface area contributed by atoms with Crippen molar-refractivity contribution in [3.63, 3.8) is 0 Å². The van der Waals surface area contributed by atoms with Crippen LogP contribution >= 0.6 is 23.5 Å². The van der Waals surface area contributed by atoms with Gasteiger partial charge in [-0.05, 0) is 85.3 Å². The minimum Gasteiger partial charge on any atom is -0.508 e. The minimum atomic E-state index is -4.40. The molecule has 206 valence electrons. The van der Waals surface area contributed by atoms with E-state index in [1.807, 2.05) is 59.5 Å². The predicted octanol–water partition coefficient (Wildman–Crippen LogP) is 8.20. The molecule has 1 fully saturated rings. The van der Waals surface area contributed by atoms with Crippen molar-refractivity contribution in [1.82, 2.24) is 9.88 Å². The van der Waals surface area contributed by atoms with Gasteiger partial charge in [-0.1, -0.05) is 53.9 Å². The molecule has 0 unspecified atom stereocenters. The molecule has 2 heterocycles. The largest absolute Gasteiger partial charge is 0.508 e. The van der Waals surface area contributed by atoms with Gasteiger partial charge in [0.2, 0.25) is 0 Å². The van der Waals surface area contributed by atoms with Gasteiger partial charge in [0.25, 0.3) is 5.91 Å². The second-order valence-corrected chi connectivity index (χ2v) is 11.9. The summed E-state index contributed by atoms with van der Waals surface area (Å²) >= 11 is 2.71. The van der Waals surface area contributed by atoms with Crippen LogP contribution in [0.1, 0.15) is 34.3 Å². The number of piperidine rings is 1. The number of nitrogens with zero attached hydrogens (tertiary/aromatic N) is 2. The first-order valence-corrected chi connectivity index (χ1v) is 14.5. The normalized spacial score (nSPS) is 14.3. The van der Waals surface area contributed by atoms with Crippen LogP contribution in [0.3, 0.4) is 0 Å².